The SMILES string of the molecule is FC(F)(F)c1ccc(C(Cl)Cc2ccccc2Cl)cc1. The summed E-state index contributed by atoms with van der Waals surface area (Å²) in [6.07, 6.45) is -3.87. The molecule has 0 radical (unpaired) electrons. The van der Waals surface area contributed by atoms with Crippen LogP contribution in [0.25, 0.3) is 0 Å². The first-order valence-corrected chi connectivity index (χ1v) is 6.74. The molecule has 1 atom stereocenters. The van der Waals surface area contributed by atoms with E-state index >= 15 is 0 Å². The molecule has 2 aromatic rings. The van der Waals surface area contributed by atoms with Crippen LogP contribution in [0.4, 0.5) is 13.2 Å². The van der Waals surface area contributed by atoms with Gasteiger partial charge >= 0.3 is 6.18 Å². The van der Waals surface area contributed by atoms with E-state index in [4.69, 9.17) is 23.2 Å². The fourth-order valence-corrected chi connectivity index (χ4v) is 2.38. The van der Waals surface area contributed by atoms with E-state index in [1.807, 2.05) is 18.2 Å². The molecule has 5 heteroatoms. The Morgan fingerprint density at radius 2 is 1.55 bits per heavy atom. The van der Waals surface area contributed by atoms with E-state index in [1.165, 1.54) is 12.1 Å². The van der Waals surface area contributed by atoms with Gasteiger partial charge in [-0.1, -0.05) is 41.9 Å². The third-order valence-corrected chi connectivity index (χ3v) is 3.73. The number of rotatable bonds is 3. The Hall–Kier alpha value is -1.19. The van der Waals surface area contributed by atoms with Crippen LogP contribution in [0, 0.1) is 0 Å². The van der Waals surface area contributed by atoms with Crippen LogP contribution in [0.15, 0.2) is 48.5 Å². The Bertz CT molecular complexity index is 576. The van der Waals surface area contributed by atoms with E-state index in [0.29, 0.717) is 17.0 Å². The van der Waals surface area contributed by atoms with Gasteiger partial charge in [-0.2, -0.15) is 13.2 Å². The van der Waals surface area contributed by atoms with Gasteiger partial charge in [0.2, 0.25) is 0 Å². The predicted octanol–water partition coefficient (Wildman–Crippen LogP) is 5.88. The van der Waals surface area contributed by atoms with Crippen molar-refractivity contribution in [3.8, 4) is 0 Å². The smallest absolute Gasteiger partial charge is 0.166 e. The minimum absolute atomic E-state index is 0.419. The largest absolute Gasteiger partial charge is 0.416 e. The Morgan fingerprint density at radius 1 is 0.950 bits per heavy atom. The minimum atomic E-state index is -4.33. The number of alkyl halides is 4. The summed E-state index contributed by atoms with van der Waals surface area (Å²) in [5.74, 6) is 0. The van der Waals surface area contributed by atoms with Crippen LogP contribution < -0.4 is 0 Å². The van der Waals surface area contributed by atoms with Gasteiger partial charge in [0.25, 0.3) is 0 Å². The highest BCUT2D eigenvalue weighted by atomic mass is 35.5. The Labute approximate surface area is 125 Å². The Morgan fingerprint density at radius 3 is 2.10 bits per heavy atom. The molecule has 0 saturated heterocycles. The average Bonchev–Trinajstić information content (AvgIpc) is 2.40. The van der Waals surface area contributed by atoms with E-state index in [2.05, 4.69) is 0 Å². The van der Waals surface area contributed by atoms with Crippen molar-refractivity contribution in [2.24, 2.45) is 0 Å². The van der Waals surface area contributed by atoms with Crippen LogP contribution >= 0.6 is 23.2 Å². The first-order chi connectivity index (χ1) is 9.38. The van der Waals surface area contributed by atoms with Gasteiger partial charge in [-0.25, -0.2) is 0 Å². The first-order valence-electron chi connectivity index (χ1n) is 5.92. The zero-order valence-electron chi connectivity index (χ0n) is 10.3. The molecule has 0 aliphatic carbocycles. The van der Waals surface area contributed by atoms with Gasteiger partial charge in [0.15, 0.2) is 0 Å². The van der Waals surface area contributed by atoms with Crippen molar-refractivity contribution >= 4 is 23.2 Å². The van der Waals surface area contributed by atoms with Crippen molar-refractivity contribution in [2.75, 3.05) is 0 Å². The molecule has 0 aromatic heterocycles. The van der Waals surface area contributed by atoms with Gasteiger partial charge < -0.3 is 0 Å². The molecule has 2 aromatic carbocycles. The minimum Gasteiger partial charge on any atom is -0.166 e. The fourth-order valence-electron chi connectivity index (χ4n) is 1.86. The van der Waals surface area contributed by atoms with Gasteiger partial charge in [-0.15, -0.1) is 11.6 Å². The monoisotopic (exact) mass is 318 g/mol. The molecule has 106 valence electrons. The van der Waals surface area contributed by atoms with Crippen molar-refractivity contribution in [3.63, 3.8) is 0 Å². The molecule has 2 rings (SSSR count). The van der Waals surface area contributed by atoms with Gasteiger partial charge in [-0.05, 0) is 35.7 Å². The first kappa shape index (κ1) is 15.2. The van der Waals surface area contributed by atoms with Gasteiger partial charge in [0.05, 0.1) is 10.9 Å². The van der Waals surface area contributed by atoms with E-state index < -0.39 is 17.1 Å². The standard InChI is InChI=1S/C15H11Cl2F3/c16-13-4-2-1-3-11(13)9-14(17)10-5-7-12(8-6-10)15(18,19)20/h1-8,14H,9H2. The van der Waals surface area contributed by atoms with Crippen LogP contribution in [0.2, 0.25) is 5.02 Å². The van der Waals surface area contributed by atoms with Gasteiger partial charge in [0, 0.05) is 5.02 Å². The summed E-state index contributed by atoms with van der Waals surface area (Å²) in [5, 5.41) is 0.183. The summed E-state index contributed by atoms with van der Waals surface area (Å²) >= 11 is 12.3. The molecular formula is C15H11Cl2F3. The van der Waals surface area contributed by atoms with Crippen molar-refractivity contribution in [2.45, 2.75) is 18.0 Å². The highest BCUT2D eigenvalue weighted by Gasteiger charge is 2.30. The van der Waals surface area contributed by atoms with Crippen LogP contribution in [-0.2, 0) is 12.6 Å². The summed E-state index contributed by atoms with van der Waals surface area (Å²) < 4.78 is 37.4. The fraction of sp³-hybridized carbons (Fsp3) is 0.200. The normalized spacial score (nSPS) is 13.2. The molecular weight excluding hydrogens is 308 g/mol. The van der Waals surface area contributed by atoms with Crippen LogP contribution in [0.1, 0.15) is 22.1 Å². The zero-order chi connectivity index (χ0) is 14.8. The lowest BCUT2D eigenvalue weighted by molar-refractivity contribution is -0.137. The molecule has 0 aliphatic rings. The van der Waals surface area contributed by atoms with Crippen LogP contribution in [-0.4, -0.2) is 0 Å². The van der Waals surface area contributed by atoms with Crippen LogP contribution in [0.5, 0.6) is 0 Å². The molecule has 1 unspecified atom stereocenters. The third kappa shape index (κ3) is 3.68. The second kappa shape index (κ2) is 6.06. The van der Waals surface area contributed by atoms with E-state index in [1.54, 1.807) is 6.07 Å². The number of hydrogen-bond donors (Lipinski definition) is 0. The molecule has 0 aliphatic heterocycles. The van der Waals surface area contributed by atoms with E-state index in [0.717, 1.165) is 17.7 Å². The number of benzene rings is 2. The van der Waals surface area contributed by atoms with E-state index in [9.17, 15) is 13.2 Å². The zero-order valence-corrected chi connectivity index (χ0v) is 11.8. The molecule has 20 heavy (non-hydrogen) atoms. The average molecular weight is 319 g/mol. The lowest BCUT2D eigenvalue weighted by atomic mass is 10.0. The molecule has 0 amide bonds. The molecule has 0 heterocycles. The van der Waals surface area contributed by atoms with Crippen molar-refractivity contribution in [3.05, 3.63) is 70.2 Å². The summed E-state index contributed by atoms with van der Waals surface area (Å²) in [5.41, 5.74) is 0.830. The topological polar surface area (TPSA) is 0 Å². The second-order valence-electron chi connectivity index (χ2n) is 4.38. The second-order valence-corrected chi connectivity index (χ2v) is 5.32. The highest BCUT2D eigenvalue weighted by Crippen LogP contribution is 2.32. The van der Waals surface area contributed by atoms with Gasteiger partial charge in [-0.3, -0.25) is 0 Å². The van der Waals surface area contributed by atoms with Gasteiger partial charge in [0.1, 0.15) is 0 Å². The molecule has 0 fully saturated rings. The summed E-state index contributed by atoms with van der Waals surface area (Å²) in [7, 11) is 0. The summed E-state index contributed by atoms with van der Waals surface area (Å²) in [4.78, 5) is 0. The Balaban J connectivity index is 2.14. The lowest BCUT2D eigenvalue weighted by Gasteiger charge is -2.13. The molecule has 0 spiro atoms. The molecule has 0 nitrogen and oxygen atoms in total. The van der Waals surface area contributed by atoms with Crippen molar-refractivity contribution in [1.29, 1.82) is 0 Å². The number of hydrogen-bond acceptors (Lipinski definition) is 0. The Kier molecular flexibility index (Phi) is 4.61. The van der Waals surface area contributed by atoms with E-state index in [-0.39, 0.29) is 0 Å². The summed E-state index contributed by atoms with van der Waals surface area (Å²) in [6.45, 7) is 0. The van der Waals surface area contributed by atoms with Crippen LogP contribution in [0.3, 0.4) is 0 Å². The van der Waals surface area contributed by atoms with Crippen molar-refractivity contribution in [1.82, 2.24) is 0 Å². The highest BCUT2D eigenvalue weighted by molar-refractivity contribution is 6.31. The molecule has 0 bridgehead atoms. The third-order valence-electron chi connectivity index (χ3n) is 2.96. The maximum atomic E-state index is 12.5. The maximum Gasteiger partial charge on any atom is 0.416 e. The quantitative estimate of drug-likeness (QED) is 0.620. The number of halogens is 5. The maximum absolute atomic E-state index is 12.5. The predicted molar refractivity (Wildman–Crippen MR) is 75.2 cm³/mol. The molecule has 0 N–H and O–H groups in total. The molecule has 0 saturated carbocycles. The summed E-state index contributed by atoms with van der Waals surface area (Å²) in [6, 6.07) is 12.1. The van der Waals surface area contributed by atoms with Crippen molar-refractivity contribution < 1.29 is 13.2 Å². The lowest BCUT2D eigenvalue weighted by Crippen LogP contribution is -2.05.